The van der Waals surface area contributed by atoms with E-state index in [1.807, 2.05) is 39.1 Å². The highest BCUT2D eigenvalue weighted by molar-refractivity contribution is 5.03. The van der Waals surface area contributed by atoms with Gasteiger partial charge < -0.3 is 14.7 Å². The largest absolute Gasteiger partial charge is 0.389 e. The third-order valence-electron chi connectivity index (χ3n) is 2.62. The molecule has 0 spiro atoms. The van der Waals surface area contributed by atoms with E-state index >= 15 is 0 Å². The number of ether oxygens (including phenoxy) is 1. The van der Waals surface area contributed by atoms with Crippen molar-refractivity contribution in [2.45, 2.75) is 32.5 Å². The fourth-order valence-corrected chi connectivity index (χ4v) is 1.66. The number of aliphatic hydroxyl groups excluding tert-OH is 1. The molecule has 0 fully saturated rings. The van der Waals surface area contributed by atoms with Gasteiger partial charge in [0, 0.05) is 31.4 Å². The Hall–Kier alpha value is -0.970. The summed E-state index contributed by atoms with van der Waals surface area (Å²) in [4.78, 5) is 6.38. The summed E-state index contributed by atoms with van der Waals surface area (Å²) in [6, 6.07) is 5.93. The molecule has 0 aliphatic heterocycles. The van der Waals surface area contributed by atoms with E-state index in [0.717, 1.165) is 18.7 Å². The molecule has 102 valence electrons. The summed E-state index contributed by atoms with van der Waals surface area (Å²) in [6.07, 6.45) is 2.44. The Bertz CT molecular complexity index is 317. The normalized spacial score (nSPS) is 13.2. The van der Waals surface area contributed by atoms with Gasteiger partial charge in [0.15, 0.2) is 0 Å². The van der Waals surface area contributed by atoms with Gasteiger partial charge in [-0.25, -0.2) is 0 Å². The maximum atomic E-state index is 9.78. The standard InChI is InChI=1S/C14H24N2O2/c1-12(2)18-11-14(17)10-16(3)9-7-13-6-4-5-8-15-13/h4-6,8,12,14,17H,7,9-11H2,1-3H3. The van der Waals surface area contributed by atoms with Crippen molar-refractivity contribution in [1.29, 1.82) is 0 Å². The maximum Gasteiger partial charge on any atom is 0.0900 e. The Morgan fingerprint density at radius 1 is 1.39 bits per heavy atom. The number of rotatable bonds is 8. The third kappa shape index (κ3) is 6.69. The molecule has 0 saturated carbocycles. The molecule has 0 aliphatic rings. The summed E-state index contributed by atoms with van der Waals surface area (Å²) in [7, 11) is 2.00. The molecule has 1 N–H and O–H groups in total. The summed E-state index contributed by atoms with van der Waals surface area (Å²) < 4.78 is 5.38. The van der Waals surface area contributed by atoms with Gasteiger partial charge in [0.05, 0.1) is 18.8 Å². The lowest BCUT2D eigenvalue weighted by atomic mass is 10.2. The van der Waals surface area contributed by atoms with Crippen LogP contribution in [0.15, 0.2) is 24.4 Å². The minimum absolute atomic E-state index is 0.165. The van der Waals surface area contributed by atoms with E-state index in [2.05, 4.69) is 9.88 Å². The first-order valence-corrected chi connectivity index (χ1v) is 6.46. The van der Waals surface area contributed by atoms with Crippen LogP contribution in [0.2, 0.25) is 0 Å². The highest BCUT2D eigenvalue weighted by atomic mass is 16.5. The van der Waals surface area contributed by atoms with E-state index in [1.54, 1.807) is 6.20 Å². The zero-order valence-corrected chi connectivity index (χ0v) is 11.5. The van der Waals surface area contributed by atoms with Crippen LogP contribution in [0.5, 0.6) is 0 Å². The second-order valence-electron chi connectivity index (χ2n) is 4.87. The topological polar surface area (TPSA) is 45.6 Å². The van der Waals surface area contributed by atoms with Gasteiger partial charge in [-0.15, -0.1) is 0 Å². The molecule has 0 aliphatic carbocycles. The molecule has 1 rings (SSSR count). The van der Waals surface area contributed by atoms with Crippen molar-refractivity contribution in [2.24, 2.45) is 0 Å². The number of nitrogens with zero attached hydrogens (tertiary/aromatic N) is 2. The summed E-state index contributed by atoms with van der Waals surface area (Å²) in [5.74, 6) is 0. The summed E-state index contributed by atoms with van der Waals surface area (Å²) >= 11 is 0. The lowest BCUT2D eigenvalue weighted by molar-refractivity contribution is -0.00543. The van der Waals surface area contributed by atoms with Crippen molar-refractivity contribution in [1.82, 2.24) is 9.88 Å². The van der Waals surface area contributed by atoms with Gasteiger partial charge in [-0.05, 0) is 33.0 Å². The van der Waals surface area contributed by atoms with Crippen molar-refractivity contribution >= 4 is 0 Å². The highest BCUT2D eigenvalue weighted by Gasteiger charge is 2.09. The Kier molecular flexibility index (Phi) is 6.86. The molecule has 18 heavy (non-hydrogen) atoms. The van der Waals surface area contributed by atoms with Crippen LogP contribution in [0, 0.1) is 0 Å². The lowest BCUT2D eigenvalue weighted by Gasteiger charge is -2.21. The monoisotopic (exact) mass is 252 g/mol. The minimum atomic E-state index is -0.430. The number of aromatic nitrogens is 1. The van der Waals surface area contributed by atoms with Crippen LogP contribution < -0.4 is 0 Å². The molecule has 1 atom stereocenters. The minimum Gasteiger partial charge on any atom is -0.389 e. The van der Waals surface area contributed by atoms with Crippen molar-refractivity contribution in [2.75, 3.05) is 26.7 Å². The van der Waals surface area contributed by atoms with E-state index in [9.17, 15) is 5.11 Å². The molecule has 0 bridgehead atoms. The average molecular weight is 252 g/mol. The van der Waals surface area contributed by atoms with Gasteiger partial charge in [0.25, 0.3) is 0 Å². The van der Waals surface area contributed by atoms with Crippen molar-refractivity contribution < 1.29 is 9.84 Å². The first kappa shape index (κ1) is 15.1. The van der Waals surface area contributed by atoms with Crippen LogP contribution in [0.25, 0.3) is 0 Å². The number of likely N-dealkylation sites (N-methyl/N-ethyl adjacent to an activating group) is 1. The molecule has 1 aromatic heterocycles. The van der Waals surface area contributed by atoms with Crippen LogP contribution >= 0.6 is 0 Å². The highest BCUT2D eigenvalue weighted by Crippen LogP contribution is 1.98. The molecule has 4 nitrogen and oxygen atoms in total. The van der Waals surface area contributed by atoms with E-state index in [4.69, 9.17) is 4.74 Å². The zero-order chi connectivity index (χ0) is 13.4. The molecule has 4 heteroatoms. The Balaban J connectivity index is 2.19. The van der Waals surface area contributed by atoms with Gasteiger partial charge in [-0.2, -0.15) is 0 Å². The average Bonchev–Trinajstić information content (AvgIpc) is 2.35. The first-order valence-electron chi connectivity index (χ1n) is 6.46. The van der Waals surface area contributed by atoms with Crippen LogP contribution in [0.3, 0.4) is 0 Å². The predicted molar refractivity (Wildman–Crippen MR) is 72.5 cm³/mol. The Labute approximate surface area is 110 Å². The van der Waals surface area contributed by atoms with Gasteiger partial charge in [0.1, 0.15) is 0 Å². The molecule has 1 unspecified atom stereocenters. The molecular formula is C14H24N2O2. The molecule has 0 saturated heterocycles. The third-order valence-corrected chi connectivity index (χ3v) is 2.62. The van der Waals surface area contributed by atoms with E-state index in [-0.39, 0.29) is 6.10 Å². The summed E-state index contributed by atoms with van der Waals surface area (Å²) in [5.41, 5.74) is 1.08. The van der Waals surface area contributed by atoms with Gasteiger partial charge in [-0.1, -0.05) is 6.07 Å². The van der Waals surface area contributed by atoms with Gasteiger partial charge in [0.2, 0.25) is 0 Å². The van der Waals surface area contributed by atoms with Crippen molar-refractivity contribution in [3.8, 4) is 0 Å². The molecule has 0 amide bonds. The lowest BCUT2D eigenvalue weighted by Crippen LogP contribution is -2.34. The fraction of sp³-hybridized carbons (Fsp3) is 0.643. The number of hydrogen-bond acceptors (Lipinski definition) is 4. The van der Waals surface area contributed by atoms with Crippen LogP contribution in [-0.2, 0) is 11.2 Å². The maximum absolute atomic E-state index is 9.78. The quantitative estimate of drug-likeness (QED) is 0.758. The molecular weight excluding hydrogens is 228 g/mol. The second kappa shape index (κ2) is 8.19. The van der Waals surface area contributed by atoms with Gasteiger partial charge in [-0.3, -0.25) is 4.98 Å². The van der Waals surface area contributed by atoms with Crippen molar-refractivity contribution in [3.63, 3.8) is 0 Å². The fourth-order valence-electron chi connectivity index (χ4n) is 1.66. The van der Waals surface area contributed by atoms with Crippen LogP contribution in [0.1, 0.15) is 19.5 Å². The molecule has 1 heterocycles. The summed E-state index contributed by atoms with van der Waals surface area (Å²) in [6.45, 7) is 5.84. The number of pyridine rings is 1. The predicted octanol–water partition coefficient (Wildman–Crippen LogP) is 1.34. The van der Waals surface area contributed by atoms with E-state index < -0.39 is 6.10 Å². The molecule has 1 aromatic rings. The van der Waals surface area contributed by atoms with E-state index in [1.165, 1.54) is 0 Å². The number of hydrogen-bond donors (Lipinski definition) is 1. The zero-order valence-electron chi connectivity index (χ0n) is 11.5. The number of aliphatic hydroxyl groups is 1. The second-order valence-corrected chi connectivity index (χ2v) is 4.87. The summed E-state index contributed by atoms with van der Waals surface area (Å²) in [5, 5.41) is 9.78. The SMILES string of the molecule is CC(C)OCC(O)CN(C)CCc1ccccn1. The van der Waals surface area contributed by atoms with Crippen LogP contribution in [-0.4, -0.2) is 53.9 Å². The van der Waals surface area contributed by atoms with Crippen molar-refractivity contribution in [3.05, 3.63) is 30.1 Å². The smallest absolute Gasteiger partial charge is 0.0900 e. The van der Waals surface area contributed by atoms with Gasteiger partial charge >= 0.3 is 0 Å². The molecule has 0 aromatic carbocycles. The Morgan fingerprint density at radius 2 is 2.17 bits per heavy atom. The molecule has 0 radical (unpaired) electrons. The van der Waals surface area contributed by atoms with Crippen LogP contribution in [0.4, 0.5) is 0 Å². The first-order chi connectivity index (χ1) is 8.58. The Morgan fingerprint density at radius 3 is 2.78 bits per heavy atom. The van der Waals surface area contributed by atoms with E-state index in [0.29, 0.717) is 13.2 Å².